The number of aliphatic hydroxyl groups is 1. The van der Waals surface area contributed by atoms with Crippen LogP contribution in [0.3, 0.4) is 0 Å². The van der Waals surface area contributed by atoms with Crippen molar-refractivity contribution >= 4 is 17.7 Å². The average molecular weight is 271 g/mol. The van der Waals surface area contributed by atoms with E-state index >= 15 is 0 Å². The maximum absolute atomic E-state index is 12.9. The summed E-state index contributed by atoms with van der Waals surface area (Å²) in [5, 5.41) is 11.9. The Balaban J connectivity index is 2.76. The second-order valence-corrected chi connectivity index (χ2v) is 5.26. The topological polar surface area (TPSA) is 49.3 Å². The van der Waals surface area contributed by atoms with E-state index in [2.05, 4.69) is 5.32 Å². The number of aliphatic hydroxyl groups excluding tert-OH is 1. The maximum Gasteiger partial charge on any atom is 0.251 e. The molecule has 0 aromatic heterocycles. The molecule has 0 bridgehead atoms. The molecule has 2 atom stereocenters. The molecule has 0 aliphatic rings. The summed E-state index contributed by atoms with van der Waals surface area (Å²) in [5.74, 6) is -0.595. The van der Waals surface area contributed by atoms with Gasteiger partial charge in [-0.25, -0.2) is 4.39 Å². The summed E-state index contributed by atoms with van der Waals surface area (Å²) < 4.78 is 12.9. The highest BCUT2D eigenvalue weighted by molar-refractivity contribution is 7.99. The summed E-state index contributed by atoms with van der Waals surface area (Å²) in [5.41, 5.74) is 1.06. The molecule has 3 nitrogen and oxygen atoms in total. The summed E-state index contributed by atoms with van der Waals surface area (Å²) in [6.07, 6.45) is 1.88. The SMILES string of the molecule is CSC(CO)C(C)NC(=O)c1ccc(F)cc1C. The Bertz CT molecular complexity index is 421. The zero-order valence-electron chi connectivity index (χ0n) is 10.7. The van der Waals surface area contributed by atoms with Crippen LogP contribution in [0.2, 0.25) is 0 Å². The molecule has 1 aromatic carbocycles. The number of hydrogen-bond acceptors (Lipinski definition) is 3. The van der Waals surface area contributed by atoms with Gasteiger partial charge in [0.05, 0.1) is 6.61 Å². The summed E-state index contributed by atoms with van der Waals surface area (Å²) in [6.45, 7) is 3.54. The van der Waals surface area contributed by atoms with Crippen molar-refractivity contribution in [1.29, 1.82) is 0 Å². The van der Waals surface area contributed by atoms with Crippen molar-refractivity contribution in [2.75, 3.05) is 12.9 Å². The Labute approximate surface area is 111 Å². The Morgan fingerprint density at radius 3 is 2.72 bits per heavy atom. The first-order valence-electron chi connectivity index (χ1n) is 5.70. The minimum atomic E-state index is -0.352. The van der Waals surface area contributed by atoms with Gasteiger partial charge in [0.25, 0.3) is 5.91 Å². The van der Waals surface area contributed by atoms with E-state index < -0.39 is 0 Å². The molecule has 0 radical (unpaired) electrons. The van der Waals surface area contributed by atoms with Crippen LogP contribution in [0.1, 0.15) is 22.8 Å². The molecule has 1 amide bonds. The lowest BCUT2D eigenvalue weighted by atomic mass is 10.1. The van der Waals surface area contributed by atoms with Gasteiger partial charge in [-0.2, -0.15) is 11.8 Å². The van der Waals surface area contributed by atoms with Crippen molar-refractivity contribution < 1.29 is 14.3 Å². The normalized spacial score (nSPS) is 14.1. The number of rotatable bonds is 5. The van der Waals surface area contributed by atoms with Crippen molar-refractivity contribution in [3.63, 3.8) is 0 Å². The fourth-order valence-corrected chi connectivity index (χ4v) is 2.32. The number of amides is 1. The van der Waals surface area contributed by atoms with Gasteiger partial charge in [-0.3, -0.25) is 4.79 Å². The third-order valence-electron chi connectivity index (χ3n) is 2.83. The highest BCUT2D eigenvalue weighted by Gasteiger charge is 2.19. The van der Waals surface area contributed by atoms with Gasteiger partial charge in [0.2, 0.25) is 0 Å². The minimum Gasteiger partial charge on any atom is -0.395 e. The molecule has 2 unspecified atom stereocenters. The van der Waals surface area contributed by atoms with Crippen LogP contribution in [-0.4, -0.2) is 35.2 Å². The maximum atomic E-state index is 12.9. The van der Waals surface area contributed by atoms with Crippen LogP contribution in [0.15, 0.2) is 18.2 Å². The van der Waals surface area contributed by atoms with E-state index in [0.717, 1.165) is 0 Å². The number of hydrogen-bond donors (Lipinski definition) is 2. The number of carbonyl (C=O) groups is 1. The summed E-state index contributed by atoms with van der Waals surface area (Å²) in [6, 6.07) is 3.92. The second kappa shape index (κ2) is 6.75. The van der Waals surface area contributed by atoms with Gasteiger partial charge in [0, 0.05) is 16.9 Å². The molecule has 5 heteroatoms. The Hall–Kier alpha value is -1.07. The number of thioether (sulfide) groups is 1. The molecule has 1 aromatic rings. The zero-order chi connectivity index (χ0) is 13.7. The smallest absolute Gasteiger partial charge is 0.251 e. The molecular weight excluding hydrogens is 253 g/mol. The lowest BCUT2D eigenvalue weighted by Gasteiger charge is -2.21. The summed E-state index contributed by atoms with van der Waals surface area (Å²) in [7, 11) is 0. The molecule has 0 saturated carbocycles. The van der Waals surface area contributed by atoms with Crippen LogP contribution >= 0.6 is 11.8 Å². The van der Waals surface area contributed by atoms with Crippen LogP contribution in [-0.2, 0) is 0 Å². The molecule has 18 heavy (non-hydrogen) atoms. The van der Waals surface area contributed by atoms with Crippen LogP contribution in [0, 0.1) is 12.7 Å². The average Bonchev–Trinajstić information content (AvgIpc) is 2.30. The highest BCUT2D eigenvalue weighted by atomic mass is 32.2. The first-order chi connectivity index (χ1) is 8.49. The first-order valence-corrected chi connectivity index (χ1v) is 6.99. The fraction of sp³-hybridized carbons (Fsp3) is 0.462. The molecule has 1 rings (SSSR count). The van der Waals surface area contributed by atoms with Crippen LogP contribution in [0.5, 0.6) is 0 Å². The van der Waals surface area contributed by atoms with E-state index in [9.17, 15) is 9.18 Å². The third kappa shape index (κ3) is 3.71. The van der Waals surface area contributed by atoms with Crippen molar-refractivity contribution in [3.05, 3.63) is 35.1 Å². The molecular formula is C13H18FNO2S. The lowest BCUT2D eigenvalue weighted by Crippen LogP contribution is -2.41. The predicted molar refractivity (Wildman–Crippen MR) is 72.5 cm³/mol. The molecule has 0 aliphatic heterocycles. The van der Waals surface area contributed by atoms with E-state index in [1.807, 2.05) is 13.2 Å². The van der Waals surface area contributed by atoms with Crippen molar-refractivity contribution in [3.8, 4) is 0 Å². The lowest BCUT2D eigenvalue weighted by molar-refractivity contribution is 0.0935. The minimum absolute atomic E-state index is 0.00497. The van der Waals surface area contributed by atoms with Gasteiger partial charge in [-0.05, 0) is 43.9 Å². The first kappa shape index (κ1) is 15.0. The molecule has 2 N–H and O–H groups in total. The molecule has 0 spiro atoms. The highest BCUT2D eigenvalue weighted by Crippen LogP contribution is 2.13. The Morgan fingerprint density at radius 1 is 1.56 bits per heavy atom. The van der Waals surface area contributed by atoms with Gasteiger partial charge in [0.1, 0.15) is 5.82 Å². The molecule has 0 fully saturated rings. The molecule has 0 heterocycles. The van der Waals surface area contributed by atoms with Gasteiger partial charge < -0.3 is 10.4 Å². The van der Waals surface area contributed by atoms with Gasteiger partial charge in [0.15, 0.2) is 0 Å². The Kier molecular flexibility index (Phi) is 5.62. The number of nitrogens with one attached hydrogen (secondary N) is 1. The molecule has 0 saturated heterocycles. The van der Waals surface area contributed by atoms with Crippen LogP contribution < -0.4 is 5.32 Å². The van der Waals surface area contributed by atoms with E-state index in [-0.39, 0.29) is 29.6 Å². The molecule has 0 aliphatic carbocycles. The zero-order valence-corrected chi connectivity index (χ0v) is 11.6. The number of aryl methyl sites for hydroxylation is 1. The van der Waals surface area contributed by atoms with Gasteiger partial charge in [-0.15, -0.1) is 0 Å². The second-order valence-electron chi connectivity index (χ2n) is 4.18. The quantitative estimate of drug-likeness (QED) is 0.861. The van der Waals surface area contributed by atoms with Crippen LogP contribution in [0.25, 0.3) is 0 Å². The van der Waals surface area contributed by atoms with E-state index in [0.29, 0.717) is 11.1 Å². The summed E-state index contributed by atoms with van der Waals surface area (Å²) >= 11 is 1.50. The number of halogens is 1. The summed E-state index contributed by atoms with van der Waals surface area (Å²) in [4.78, 5) is 12.0. The fourth-order valence-electron chi connectivity index (χ4n) is 1.70. The van der Waals surface area contributed by atoms with Crippen molar-refractivity contribution in [2.24, 2.45) is 0 Å². The standard InChI is InChI=1S/C13H18FNO2S/c1-8-6-10(14)4-5-11(8)13(17)15-9(2)12(7-16)18-3/h4-6,9,12,16H,7H2,1-3H3,(H,15,17). The predicted octanol–water partition coefficient (Wildman–Crippen LogP) is 1.98. The van der Waals surface area contributed by atoms with Gasteiger partial charge in [-0.1, -0.05) is 0 Å². The van der Waals surface area contributed by atoms with Crippen LogP contribution in [0.4, 0.5) is 4.39 Å². The monoisotopic (exact) mass is 271 g/mol. The third-order valence-corrected chi connectivity index (χ3v) is 4.00. The van der Waals surface area contributed by atoms with E-state index in [1.165, 1.54) is 30.0 Å². The molecule has 100 valence electrons. The van der Waals surface area contributed by atoms with Crippen molar-refractivity contribution in [2.45, 2.75) is 25.1 Å². The largest absolute Gasteiger partial charge is 0.395 e. The van der Waals surface area contributed by atoms with Crippen molar-refractivity contribution in [1.82, 2.24) is 5.32 Å². The number of carbonyl (C=O) groups excluding carboxylic acids is 1. The van der Waals surface area contributed by atoms with E-state index in [1.54, 1.807) is 6.92 Å². The van der Waals surface area contributed by atoms with Gasteiger partial charge >= 0.3 is 0 Å². The number of benzene rings is 1. The van der Waals surface area contributed by atoms with E-state index in [4.69, 9.17) is 5.11 Å². The Morgan fingerprint density at radius 2 is 2.22 bits per heavy atom.